The minimum absolute atomic E-state index is 0.548. The zero-order valence-corrected chi connectivity index (χ0v) is 12.2. The third kappa shape index (κ3) is 4.83. The van der Waals surface area contributed by atoms with Gasteiger partial charge in [-0.05, 0) is 42.8 Å². The van der Waals surface area contributed by atoms with Crippen LogP contribution >= 0.6 is 0 Å². The molecule has 0 unspecified atom stereocenters. The summed E-state index contributed by atoms with van der Waals surface area (Å²) in [6, 6.07) is 14.2. The third-order valence-electron chi connectivity index (χ3n) is 3.36. The van der Waals surface area contributed by atoms with Crippen molar-refractivity contribution in [1.29, 1.82) is 0 Å². The van der Waals surface area contributed by atoms with Gasteiger partial charge in [-0.3, -0.25) is 0 Å². The molecule has 2 rings (SSSR count). The van der Waals surface area contributed by atoms with Crippen molar-refractivity contribution in [2.75, 3.05) is 25.0 Å². The van der Waals surface area contributed by atoms with Crippen LogP contribution in [-0.4, -0.2) is 20.1 Å². The highest BCUT2D eigenvalue weighted by Crippen LogP contribution is 2.11. The zero-order chi connectivity index (χ0) is 15.1. The quantitative estimate of drug-likeness (QED) is 0.784. The topological polar surface area (TPSA) is 15.3 Å². The predicted molar refractivity (Wildman–Crippen MR) is 82.4 cm³/mol. The normalized spacial score (nSPS) is 10.6. The van der Waals surface area contributed by atoms with Crippen molar-refractivity contribution in [3.63, 3.8) is 0 Å². The number of halogens is 2. The van der Waals surface area contributed by atoms with Crippen LogP contribution in [0.15, 0.2) is 48.5 Å². The number of benzene rings is 2. The molecule has 0 spiro atoms. The number of nitrogens with zero attached hydrogens (tertiary/aromatic N) is 1. The molecule has 2 aromatic rings. The fourth-order valence-corrected chi connectivity index (χ4v) is 2.14. The van der Waals surface area contributed by atoms with E-state index in [-0.39, 0.29) is 0 Å². The van der Waals surface area contributed by atoms with Crippen molar-refractivity contribution in [3.8, 4) is 0 Å². The summed E-state index contributed by atoms with van der Waals surface area (Å²) in [5, 5.41) is 3.24. The molecule has 0 aliphatic rings. The second-order valence-corrected chi connectivity index (χ2v) is 5.04. The first-order valence-corrected chi connectivity index (χ1v) is 7.07. The summed E-state index contributed by atoms with van der Waals surface area (Å²) in [6.45, 7) is 2.32. The van der Waals surface area contributed by atoms with E-state index in [0.717, 1.165) is 31.1 Å². The molecule has 0 saturated carbocycles. The summed E-state index contributed by atoms with van der Waals surface area (Å²) >= 11 is 0. The Hall–Kier alpha value is -1.94. The van der Waals surface area contributed by atoms with Gasteiger partial charge in [0.1, 0.15) is 0 Å². The lowest BCUT2D eigenvalue weighted by Gasteiger charge is -2.19. The van der Waals surface area contributed by atoms with Gasteiger partial charge >= 0.3 is 0 Å². The summed E-state index contributed by atoms with van der Waals surface area (Å²) in [5.41, 5.74) is 1.95. The first-order chi connectivity index (χ1) is 10.2. The lowest BCUT2D eigenvalue weighted by atomic mass is 10.2. The minimum Gasteiger partial charge on any atom is -0.375 e. The molecule has 0 radical (unpaired) electrons. The molecule has 4 heteroatoms. The number of para-hydroxylation sites is 1. The Labute approximate surface area is 124 Å². The van der Waals surface area contributed by atoms with Crippen LogP contribution in [0, 0.1) is 11.6 Å². The van der Waals surface area contributed by atoms with Crippen LogP contribution in [0.3, 0.4) is 0 Å². The number of nitrogens with one attached hydrogen (secondary N) is 1. The van der Waals surface area contributed by atoms with Gasteiger partial charge in [0.25, 0.3) is 0 Å². The third-order valence-corrected chi connectivity index (χ3v) is 3.36. The van der Waals surface area contributed by atoms with E-state index >= 15 is 0 Å². The summed E-state index contributed by atoms with van der Waals surface area (Å²) in [5.74, 6) is -1.60. The number of rotatable bonds is 7. The maximum atomic E-state index is 13.0. The van der Waals surface area contributed by atoms with Crippen LogP contribution in [0.4, 0.5) is 14.5 Å². The van der Waals surface area contributed by atoms with Crippen molar-refractivity contribution in [3.05, 3.63) is 65.7 Å². The van der Waals surface area contributed by atoms with Crippen molar-refractivity contribution in [2.24, 2.45) is 0 Å². The van der Waals surface area contributed by atoms with Gasteiger partial charge < -0.3 is 10.2 Å². The second kappa shape index (κ2) is 7.74. The monoisotopic (exact) mass is 290 g/mol. The van der Waals surface area contributed by atoms with E-state index in [4.69, 9.17) is 0 Å². The Bertz CT molecular complexity index is 558. The molecule has 0 aliphatic heterocycles. The minimum atomic E-state index is -0.803. The van der Waals surface area contributed by atoms with Crippen molar-refractivity contribution >= 4 is 5.69 Å². The highest BCUT2D eigenvalue weighted by Gasteiger charge is 2.02. The summed E-state index contributed by atoms with van der Waals surface area (Å²) in [4.78, 5) is 2.19. The molecule has 1 N–H and O–H groups in total. The van der Waals surface area contributed by atoms with Gasteiger partial charge in [0.2, 0.25) is 0 Å². The predicted octanol–water partition coefficient (Wildman–Crippen LogP) is 3.58. The van der Waals surface area contributed by atoms with Crippen LogP contribution in [0.1, 0.15) is 12.0 Å². The molecule has 112 valence electrons. The molecule has 0 fully saturated rings. The lowest BCUT2D eigenvalue weighted by molar-refractivity contribution is 0.506. The summed E-state index contributed by atoms with van der Waals surface area (Å²) in [6.07, 6.45) is 0.981. The van der Waals surface area contributed by atoms with E-state index in [9.17, 15) is 8.78 Å². The smallest absolute Gasteiger partial charge is 0.159 e. The number of hydrogen-bond donors (Lipinski definition) is 1. The van der Waals surface area contributed by atoms with Crippen LogP contribution in [-0.2, 0) is 6.54 Å². The van der Waals surface area contributed by atoms with Gasteiger partial charge in [-0.1, -0.05) is 24.3 Å². The Morgan fingerprint density at radius 2 is 1.76 bits per heavy atom. The average molecular weight is 290 g/mol. The average Bonchev–Trinajstić information content (AvgIpc) is 2.51. The summed E-state index contributed by atoms with van der Waals surface area (Å²) in [7, 11) is 2.06. The van der Waals surface area contributed by atoms with Gasteiger partial charge in [-0.2, -0.15) is 0 Å². The van der Waals surface area contributed by atoms with Crippen LogP contribution in [0.5, 0.6) is 0 Å². The molecule has 0 aliphatic carbocycles. The van der Waals surface area contributed by atoms with E-state index in [1.165, 1.54) is 11.8 Å². The van der Waals surface area contributed by atoms with Crippen LogP contribution < -0.4 is 10.2 Å². The lowest BCUT2D eigenvalue weighted by Crippen LogP contribution is -2.23. The van der Waals surface area contributed by atoms with Crippen LogP contribution in [0.2, 0.25) is 0 Å². The zero-order valence-electron chi connectivity index (χ0n) is 12.2. The van der Waals surface area contributed by atoms with E-state index in [2.05, 4.69) is 29.4 Å². The highest BCUT2D eigenvalue weighted by atomic mass is 19.2. The van der Waals surface area contributed by atoms with Gasteiger partial charge in [0, 0.05) is 25.8 Å². The van der Waals surface area contributed by atoms with Crippen molar-refractivity contribution in [2.45, 2.75) is 13.0 Å². The molecule has 0 atom stereocenters. The number of anilines is 1. The largest absolute Gasteiger partial charge is 0.375 e. The molecular formula is C17H20F2N2. The van der Waals surface area contributed by atoms with Gasteiger partial charge in [-0.25, -0.2) is 8.78 Å². The Morgan fingerprint density at radius 3 is 2.48 bits per heavy atom. The molecule has 2 aromatic carbocycles. The van der Waals surface area contributed by atoms with Crippen molar-refractivity contribution in [1.82, 2.24) is 5.32 Å². The van der Waals surface area contributed by atoms with Crippen molar-refractivity contribution < 1.29 is 8.78 Å². The molecule has 0 saturated heterocycles. The van der Waals surface area contributed by atoms with Gasteiger partial charge in [0.05, 0.1) is 0 Å². The summed E-state index contributed by atoms with van der Waals surface area (Å²) < 4.78 is 25.8. The maximum Gasteiger partial charge on any atom is 0.159 e. The SMILES string of the molecule is CN(CCCNCc1ccc(F)c(F)c1)c1ccccc1. The number of hydrogen-bond acceptors (Lipinski definition) is 2. The Kier molecular flexibility index (Phi) is 5.69. The molecule has 2 nitrogen and oxygen atoms in total. The van der Waals surface area contributed by atoms with Gasteiger partial charge in [-0.15, -0.1) is 0 Å². The highest BCUT2D eigenvalue weighted by molar-refractivity contribution is 5.44. The second-order valence-electron chi connectivity index (χ2n) is 5.04. The Balaban J connectivity index is 1.67. The first kappa shape index (κ1) is 15.4. The van der Waals surface area contributed by atoms with E-state index in [1.54, 1.807) is 6.07 Å². The fourth-order valence-electron chi connectivity index (χ4n) is 2.14. The molecule has 21 heavy (non-hydrogen) atoms. The maximum absolute atomic E-state index is 13.0. The molecule has 0 aromatic heterocycles. The van der Waals surface area contributed by atoms with E-state index in [1.807, 2.05) is 18.2 Å². The van der Waals surface area contributed by atoms with E-state index in [0.29, 0.717) is 6.54 Å². The van der Waals surface area contributed by atoms with Crippen LogP contribution in [0.25, 0.3) is 0 Å². The standard InChI is InChI=1S/C17H20F2N2/c1-21(15-6-3-2-4-7-15)11-5-10-20-13-14-8-9-16(18)17(19)12-14/h2-4,6-9,12,20H,5,10-11,13H2,1H3. The fraction of sp³-hybridized carbons (Fsp3) is 0.294. The molecule has 0 amide bonds. The molecule has 0 heterocycles. The Morgan fingerprint density at radius 1 is 1.00 bits per heavy atom. The first-order valence-electron chi connectivity index (χ1n) is 7.07. The molecular weight excluding hydrogens is 270 g/mol. The van der Waals surface area contributed by atoms with E-state index < -0.39 is 11.6 Å². The van der Waals surface area contributed by atoms with Gasteiger partial charge in [0.15, 0.2) is 11.6 Å². The molecule has 0 bridgehead atoms.